The Labute approximate surface area is 189 Å². The minimum atomic E-state index is -0.639. The van der Waals surface area contributed by atoms with Gasteiger partial charge in [-0.3, -0.25) is 14.4 Å². The molecular weight excluding hydrogens is 412 g/mol. The molecule has 0 saturated heterocycles. The molecule has 0 fully saturated rings. The number of nitrogens with one attached hydrogen (secondary N) is 2. The molecule has 2 amide bonds. The molecule has 0 aliphatic rings. The van der Waals surface area contributed by atoms with Crippen LogP contribution < -0.4 is 10.6 Å². The molecule has 176 valence electrons. The van der Waals surface area contributed by atoms with Gasteiger partial charge in [0.1, 0.15) is 6.10 Å². The second-order valence-corrected chi connectivity index (χ2v) is 7.07. The zero-order valence-corrected chi connectivity index (χ0v) is 18.5. The third-order valence-corrected chi connectivity index (χ3v) is 4.52. The summed E-state index contributed by atoms with van der Waals surface area (Å²) in [7, 11) is 0. The Morgan fingerprint density at radius 1 is 1.06 bits per heavy atom. The summed E-state index contributed by atoms with van der Waals surface area (Å²) < 4.78 is 10.7. The SMILES string of the molecule is C=CCCC(=O)O[C@H](CNC(=O)[C@@H](CC=C)CC(=O)NCCOCCO)c1ccccc1. The van der Waals surface area contributed by atoms with Crippen molar-refractivity contribution >= 4 is 17.8 Å². The van der Waals surface area contributed by atoms with Crippen LogP contribution in [0, 0.1) is 5.92 Å². The smallest absolute Gasteiger partial charge is 0.306 e. The average Bonchev–Trinajstić information content (AvgIpc) is 2.80. The van der Waals surface area contributed by atoms with Crippen LogP contribution in [-0.2, 0) is 23.9 Å². The van der Waals surface area contributed by atoms with E-state index >= 15 is 0 Å². The van der Waals surface area contributed by atoms with Gasteiger partial charge in [-0.1, -0.05) is 42.5 Å². The van der Waals surface area contributed by atoms with E-state index in [1.807, 2.05) is 30.3 Å². The second kappa shape index (κ2) is 16.7. The highest BCUT2D eigenvalue weighted by Crippen LogP contribution is 2.18. The fraction of sp³-hybridized carbons (Fsp3) is 0.458. The summed E-state index contributed by atoms with van der Waals surface area (Å²) >= 11 is 0. The van der Waals surface area contributed by atoms with Crippen molar-refractivity contribution in [2.75, 3.05) is 32.9 Å². The van der Waals surface area contributed by atoms with Crippen molar-refractivity contribution in [1.82, 2.24) is 10.6 Å². The fourth-order valence-corrected chi connectivity index (χ4v) is 2.88. The Morgan fingerprint density at radius 3 is 2.47 bits per heavy atom. The highest BCUT2D eigenvalue weighted by molar-refractivity contribution is 5.86. The van der Waals surface area contributed by atoms with Crippen LogP contribution in [0.25, 0.3) is 0 Å². The number of benzene rings is 1. The topological polar surface area (TPSA) is 114 Å². The zero-order chi connectivity index (χ0) is 23.6. The number of aliphatic hydroxyl groups is 1. The lowest BCUT2D eigenvalue weighted by Gasteiger charge is -2.21. The van der Waals surface area contributed by atoms with E-state index in [1.54, 1.807) is 12.2 Å². The predicted octanol–water partition coefficient (Wildman–Crippen LogP) is 2.06. The minimum Gasteiger partial charge on any atom is -0.456 e. The van der Waals surface area contributed by atoms with E-state index in [9.17, 15) is 14.4 Å². The number of hydrogen-bond acceptors (Lipinski definition) is 6. The van der Waals surface area contributed by atoms with E-state index in [-0.39, 0.29) is 63.5 Å². The molecule has 0 aliphatic heterocycles. The van der Waals surface area contributed by atoms with E-state index in [2.05, 4.69) is 23.8 Å². The van der Waals surface area contributed by atoms with Gasteiger partial charge in [0, 0.05) is 19.4 Å². The summed E-state index contributed by atoms with van der Waals surface area (Å²) in [6.07, 6.45) is 3.63. The van der Waals surface area contributed by atoms with E-state index in [1.165, 1.54) is 0 Å². The Bertz CT molecular complexity index is 722. The first kappa shape index (κ1) is 27.1. The van der Waals surface area contributed by atoms with Gasteiger partial charge in [0.15, 0.2) is 0 Å². The van der Waals surface area contributed by atoms with Crippen molar-refractivity contribution in [3.8, 4) is 0 Å². The number of amides is 2. The molecule has 1 aromatic carbocycles. The van der Waals surface area contributed by atoms with E-state index in [0.717, 1.165) is 5.56 Å². The maximum Gasteiger partial charge on any atom is 0.306 e. The molecule has 1 rings (SSSR count). The highest BCUT2D eigenvalue weighted by atomic mass is 16.5. The van der Waals surface area contributed by atoms with Gasteiger partial charge in [-0.05, 0) is 18.4 Å². The molecule has 0 radical (unpaired) electrons. The summed E-state index contributed by atoms with van der Waals surface area (Å²) in [5.74, 6) is -1.58. The second-order valence-electron chi connectivity index (χ2n) is 7.07. The van der Waals surface area contributed by atoms with Crippen LogP contribution in [0.1, 0.15) is 37.4 Å². The predicted molar refractivity (Wildman–Crippen MR) is 122 cm³/mol. The van der Waals surface area contributed by atoms with Crippen molar-refractivity contribution in [1.29, 1.82) is 0 Å². The number of rotatable bonds is 17. The largest absolute Gasteiger partial charge is 0.456 e. The molecule has 2 atom stereocenters. The van der Waals surface area contributed by atoms with Crippen molar-refractivity contribution in [2.45, 2.75) is 31.8 Å². The summed E-state index contributed by atoms with van der Waals surface area (Å²) in [6.45, 7) is 8.05. The maximum atomic E-state index is 12.7. The standard InChI is InChI=1S/C24H34N2O6/c1-3-5-12-23(29)32-21(19-10-7-6-8-11-19)18-26-24(30)20(9-4-2)17-22(28)25-13-15-31-16-14-27/h3-4,6-8,10-11,20-21,27H,1-2,5,9,12-18H2,(H,25,28)(H,26,30)/t20-,21+/m0/s1. The Kier molecular flexibility index (Phi) is 14.1. The van der Waals surface area contributed by atoms with Crippen LogP contribution in [0.4, 0.5) is 0 Å². The van der Waals surface area contributed by atoms with Crippen molar-refractivity contribution in [3.63, 3.8) is 0 Å². The third-order valence-electron chi connectivity index (χ3n) is 4.52. The third kappa shape index (κ3) is 11.4. The molecule has 8 nitrogen and oxygen atoms in total. The molecule has 0 unspecified atom stereocenters. The van der Waals surface area contributed by atoms with Gasteiger partial charge in [-0.15, -0.1) is 13.2 Å². The molecule has 32 heavy (non-hydrogen) atoms. The van der Waals surface area contributed by atoms with E-state index in [0.29, 0.717) is 12.8 Å². The average molecular weight is 447 g/mol. The number of aliphatic hydroxyl groups excluding tert-OH is 1. The Hall–Kier alpha value is -2.97. The van der Waals surface area contributed by atoms with Crippen molar-refractivity contribution < 1.29 is 29.0 Å². The molecule has 1 aromatic rings. The number of ether oxygens (including phenoxy) is 2. The summed E-state index contributed by atoms with van der Waals surface area (Å²) in [4.78, 5) is 37.0. The van der Waals surface area contributed by atoms with Crippen LogP contribution in [0.2, 0.25) is 0 Å². The monoisotopic (exact) mass is 446 g/mol. The quantitative estimate of drug-likeness (QED) is 0.192. The van der Waals surface area contributed by atoms with Crippen molar-refractivity contribution in [3.05, 3.63) is 61.2 Å². The molecule has 8 heteroatoms. The lowest BCUT2D eigenvalue weighted by molar-refractivity contribution is -0.150. The van der Waals surface area contributed by atoms with Gasteiger partial charge >= 0.3 is 5.97 Å². The minimum absolute atomic E-state index is 0.00696. The lowest BCUT2D eigenvalue weighted by Crippen LogP contribution is -2.38. The van der Waals surface area contributed by atoms with Crippen LogP contribution in [0.15, 0.2) is 55.6 Å². The number of carbonyl (C=O) groups excluding carboxylic acids is 3. The van der Waals surface area contributed by atoms with E-state index < -0.39 is 12.0 Å². The number of esters is 1. The summed E-state index contributed by atoms with van der Waals surface area (Å²) in [5.41, 5.74) is 0.764. The van der Waals surface area contributed by atoms with Crippen LogP contribution in [-0.4, -0.2) is 55.8 Å². The number of carbonyl (C=O) groups is 3. The number of hydrogen-bond donors (Lipinski definition) is 3. The maximum absolute atomic E-state index is 12.7. The molecule has 0 saturated carbocycles. The van der Waals surface area contributed by atoms with Gasteiger partial charge in [0.2, 0.25) is 11.8 Å². The molecular formula is C24H34N2O6. The van der Waals surface area contributed by atoms with Gasteiger partial charge in [0.05, 0.1) is 32.3 Å². The lowest BCUT2D eigenvalue weighted by atomic mass is 9.99. The molecule has 0 bridgehead atoms. The van der Waals surface area contributed by atoms with Crippen LogP contribution in [0.5, 0.6) is 0 Å². The summed E-state index contributed by atoms with van der Waals surface area (Å²) in [5, 5.41) is 14.1. The first-order valence-corrected chi connectivity index (χ1v) is 10.7. The molecule has 0 spiro atoms. The molecule has 0 aliphatic carbocycles. The van der Waals surface area contributed by atoms with Crippen LogP contribution >= 0.6 is 0 Å². The summed E-state index contributed by atoms with van der Waals surface area (Å²) in [6, 6.07) is 9.16. The van der Waals surface area contributed by atoms with Gasteiger partial charge < -0.3 is 25.2 Å². The first-order chi connectivity index (χ1) is 15.5. The van der Waals surface area contributed by atoms with E-state index in [4.69, 9.17) is 14.6 Å². The number of allylic oxidation sites excluding steroid dienone is 2. The molecule has 0 aromatic heterocycles. The van der Waals surface area contributed by atoms with Gasteiger partial charge in [0.25, 0.3) is 0 Å². The molecule has 0 heterocycles. The Balaban J connectivity index is 2.65. The highest BCUT2D eigenvalue weighted by Gasteiger charge is 2.23. The Morgan fingerprint density at radius 2 is 1.81 bits per heavy atom. The fourth-order valence-electron chi connectivity index (χ4n) is 2.88. The van der Waals surface area contributed by atoms with Gasteiger partial charge in [-0.2, -0.15) is 0 Å². The van der Waals surface area contributed by atoms with Crippen molar-refractivity contribution in [2.24, 2.45) is 5.92 Å². The van der Waals surface area contributed by atoms with Crippen LogP contribution in [0.3, 0.4) is 0 Å². The van der Waals surface area contributed by atoms with Gasteiger partial charge in [-0.25, -0.2) is 0 Å². The molecule has 3 N–H and O–H groups in total. The first-order valence-electron chi connectivity index (χ1n) is 10.7. The normalized spacial score (nSPS) is 12.3. The zero-order valence-electron chi connectivity index (χ0n) is 18.5.